The van der Waals surface area contributed by atoms with Crippen molar-refractivity contribution in [2.75, 3.05) is 26.2 Å². The first kappa shape index (κ1) is 32.2. The number of benzene rings is 2. The van der Waals surface area contributed by atoms with Gasteiger partial charge >= 0.3 is 18.4 Å². The molecule has 7 nitrogen and oxygen atoms in total. The van der Waals surface area contributed by atoms with E-state index in [-0.39, 0.29) is 43.3 Å². The lowest BCUT2D eigenvalue weighted by molar-refractivity contribution is -0.143. The molecule has 2 atom stereocenters. The van der Waals surface area contributed by atoms with Gasteiger partial charge in [0.1, 0.15) is 5.60 Å². The van der Waals surface area contributed by atoms with Gasteiger partial charge in [-0.1, -0.05) is 30.3 Å². The molecule has 1 saturated carbocycles. The van der Waals surface area contributed by atoms with Gasteiger partial charge in [0, 0.05) is 69.0 Å². The SMILES string of the molecule is O=C(C1CC1)N1CCC2(CC1)CCN(C1CCN(C(=O)c3cc(C(F)(F)F)cc(C(F)(F)F)c3)[C@H](Cc3ccccc3)C1)C(=O)O2. The molecule has 0 aromatic heterocycles. The highest BCUT2D eigenvalue weighted by molar-refractivity contribution is 5.95. The summed E-state index contributed by atoms with van der Waals surface area (Å²) in [5, 5.41) is 0. The third kappa shape index (κ3) is 6.83. The number of likely N-dealkylation sites (tertiary alicyclic amines) is 2. The highest BCUT2D eigenvalue weighted by Gasteiger charge is 2.48. The van der Waals surface area contributed by atoms with Crippen molar-refractivity contribution in [1.82, 2.24) is 14.7 Å². The summed E-state index contributed by atoms with van der Waals surface area (Å²) in [7, 11) is 0. The summed E-state index contributed by atoms with van der Waals surface area (Å²) in [6.45, 7) is 1.52. The summed E-state index contributed by atoms with van der Waals surface area (Å²) in [5.74, 6) is -0.631. The number of rotatable bonds is 5. The first-order valence-corrected chi connectivity index (χ1v) is 15.7. The summed E-state index contributed by atoms with van der Waals surface area (Å²) in [4.78, 5) is 44.4. The lowest BCUT2D eigenvalue weighted by Gasteiger charge is -2.49. The second kappa shape index (κ2) is 12.1. The molecular weight excluding hydrogens is 616 g/mol. The molecule has 2 aromatic rings. The lowest BCUT2D eigenvalue weighted by Crippen LogP contribution is -2.60. The Morgan fingerprint density at radius 1 is 0.826 bits per heavy atom. The molecule has 3 aliphatic heterocycles. The quantitative estimate of drug-likeness (QED) is 0.344. The van der Waals surface area contributed by atoms with Crippen molar-refractivity contribution in [3.8, 4) is 0 Å². The molecule has 248 valence electrons. The Labute approximate surface area is 262 Å². The third-order valence-electron chi connectivity index (χ3n) is 9.80. The van der Waals surface area contributed by atoms with Gasteiger partial charge < -0.3 is 19.4 Å². The van der Waals surface area contributed by atoms with Crippen LogP contribution in [-0.4, -0.2) is 76.5 Å². The van der Waals surface area contributed by atoms with E-state index in [1.807, 2.05) is 23.1 Å². The zero-order valence-corrected chi connectivity index (χ0v) is 25.1. The highest BCUT2D eigenvalue weighted by atomic mass is 19.4. The molecule has 3 amide bonds. The van der Waals surface area contributed by atoms with Gasteiger partial charge in [0.25, 0.3) is 5.91 Å². The van der Waals surface area contributed by atoms with Gasteiger partial charge in [-0.3, -0.25) is 9.59 Å². The number of carbonyl (C=O) groups is 3. The zero-order valence-electron chi connectivity index (χ0n) is 25.1. The normalized spacial score (nSPS) is 23.8. The van der Waals surface area contributed by atoms with Crippen molar-refractivity contribution in [3.63, 3.8) is 0 Å². The maximum Gasteiger partial charge on any atom is 0.416 e. The van der Waals surface area contributed by atoms with Crippen LogP contribution in [0, 0.1) is 5.92 Å². The summed E-state index contributed by atoms with van der Waals surface area (Å²) in [6, 6.07) is 9.07. The average molecular weight is 652 g/mol. The number of amides is 3. The molecule has 0 bridgehead atoms. The van der Waals surface area contributed by atoms with E-state index in [0.29, 0.717) is 57.5 Å². The Balaban J connectivity index is 1.19. The summed E-state index contributed by atoms with van der Waals surface area (Å²) >= 11 is 0. The fourth-order valence-electron chi connectivity index (χ4n) is 7.02. The molecule has 1 unspecified atom stereocenters. The van der Waals surface area contributed by atoms with Crippen LogP contribution in [0.2, 0.25) is 0 Å². The molecule has 1 spiro atoms. The first-order valence-electron chi connectivity index (χ1n) is 15.7. The van der Waals surface area contributed by atoms with Crippen LogP contribution >= 0.6 is 0 Å². The molecule has 6 rings (SSSR count). The molecule has 46 heavy (non-hydrogen) atoms. The van der Waals surface area contributed by atoms with E-state index < -0.39 is 52.7 Å². The van der Waals surface area contributed by atoms with Crippen LogP contribution in [0.5, 0.6) is 0 Å². The number of halogens is 6. The molecule has 4 aliphatic rings. The third-order valence-corrected chi connectivity index (χ3v) is 9.80. The fraction of sp³-hybridized carbons (Fsp3) is 0.545. The number of carbonyl (C=O) groups excluding carboxylic acids is 3. The molecule has 2 aromatic carbocycles. The van der Waals surface area contributed by atoms with Crippen LogP contribution in [0.1, 0.15) is 72.0 Å². The predicted molar refractivity (Wildman–Crippen MR) is 154 cm³/mol. The number of piperidine rings is 2. The number of hydrogen-bond donors (Lipinski definition) is 0. The number of nitrogens with zero attached hydrogens (tertiary/aromatic N) is 3. The smallest absolute Gasteiger partial charge is 0.416 e. The minimum atomic E-state index is -5.08. The maximum absolute atomic E-state index is 13.7. The van der Waals surface area contributed by atoms with Crippen LogP contribution in [0.25, 0.3) is 0 Å². The monoisotopic (exact) mass is 651 g/mol. The maximum atomic E-state index is 13.7. The molecule has 3 heterocycles. The van der Waals surface area contributed by atoms with Crippen LogP contribution in [0.15, 0.2) is 48.5 Å². The Bertz CT molecular complexity index is 1440. The second-order valence-electron chi connectivity index (χ2n) is 12.9. The minimum absolute atomic E-state index is 0.00796. The Morgan fingerprint density at radius 2 is 1.43 bits per heavy atom. The molecule has 4 fully saturated rings. The molecule has 0 N–H and O–H groups in total. The van der Waals surface area contributed by atoms with Crippen LogP contribution in [0.3, 0.4) is 0 Å². The fourth-order valence-corrected chi connectivity index (χ4v) is 7.02. The van der Waals surface area contributed by atoms with Gasteiger partial charge in [0.2, 0.25) is 5.91 Å². The van der Waals surface area contributed by atoms with E-state index in [4.69, 9.17) is 4.74 Å². The Morgan fingerprint density at radius 3 is 2.00 bits per heavy atom. The van der Waals surface area contributed by atoms with Gasteiger partial charge in [0.15, 0.2) is 0 Å². The number of alkyl halides is 6. The molecule has 1 aliphatic carbocycles. The van der Waals surface area contributed by atoms with E-state index in [1.165, 1.54) is 4.90 Å². The van der Waals surface area contributed by atoms with Gasteiger partial charge in [-0.15, -0.1) is 0 Å². The topological polar surface area (TPSA) is 70.2 Å². The van der Waals surface area contributed by atoms with Crippen molar-refractivity contribution in [1.29, 1.82) is 0 Å². The lowest BCUT2D eigenvalue weighted by atomic mass is 9.85. The molecule has 13 heteroatoms. The molecule has 0 radical (unpaired) electrons. The van der Waals surface area contributed by atoms with E-state index in [0.717, 1.165) is 18.4 Å². The van der Waals surface area contributed by atoms with Gasteiger partial charge in [0.05, 0.1) is 11.1 Å². The second-order valence-corrected chi connectivity index (χ2v) is 12.9. The van der Waals surface area contributed by atoms with E-state index >= 15 is 0 Å². The Kier molecular flexibility index (Phi) is 8.47. The van der Waals surface area contributed by atoms with Crippen molar-refractivity contribution < 1.29 is 45.5 Å². The van der Waals surface area contributed by atoms with E-state index in [2.05, 4.69) is 0 Å². The van der Waals surface area contributed by atoms with Crippen LogP contribution < -0.4 is 0 Å². The summed E-state index contributed by atoms with van der Waals surface area (Å²) in [5.41, 5.74) is -3.60. The average Bonchev–Trinajstić information content (AvgIpc) is 3.86. The predicted octanol–water partition coefficient (Wildman–Crippen LogP) is 6.55. The summed E-state index contributed by atoms with van der Waals surface area (Å²) in [6.07, 6.45) is -6.23. The van der Waals surface area contributed by atoms with Gasteiger partial charge in [-0.2, -0.15) is 26.3 Å². The Hall–Kier alpha value is -3.77. The summed E-state index contributed by atoms with van der Waals surface area (Å²) < 4.78 is 87.4. The van der Waals surface area contributed by atoms with Crippen molar-refractivity contribution in [3.05, 3.63) is 70.8 Å². The van der Waals surface area contributed by atoms with Crippen molar-refractivity contribution in [2.45, 2.75) is 81.4 Å². The number of hydrogen-bond acceptors (Lipinski definition) is 4. The van der Waals surface area contributed by atoms with Crippen LogP contribution in [0.4, 0.5) is 31.1 Å². The van der Waals surface area contributed by atoms with Gasteiger partial charge in [-0.25, -0.2) is 4.79 Å². The van der Waals surface area contributed by atoms with Gasteiger partial charge in [-0.05, 0) is 55.9 Å². The molecule has 3 saturated heterocycles. The standard InChI is InChI=1S/C33H35F6N3O4/c34-32(35,36)24-17-23(18-25(19-24)33(37,38)39)29(44)41-12-8-26(20-27(41)16-21-4-2-1-3-5-21)42-15-11-31(46-30(42)45)9-13-40(14-10-31)28(43)22-6-7-22/h1-5,17-19,22,26-27H,6-16,20H2/t26?,27-/m1/s1. The van der Waals surface area contributed by atoms with E-state index in [1.54, 1.807) is 17.0 Å². The zero-order chi connectivity index (χ0) is 32.9. The minimum Gasteiger partial charge on any atom is -0.443 e. The van der Waals surface area contributed by atoms with E-state index in [9.17, 15) is 40.7 Å². The van der Waals surface area contributed by atoms with Crippen molar-refractivity contribution >= 4 is 17.9 Å². The number of ether oxygens (including phenoxy) is 1. The van der Waals surface area contributed by atoms with Crippen molar-refractivity contribution in [2.24, 2.45) is 5.92 Å². The highest BCUT2D eigenvalue weighted by Crippen LogP contribution is 2.40. The molecular formula is C33H35F6N3O4. The largest absolute Gasteiger partial charge is 0.443 e. The van der Waals surface area contributed by atoms with Crippen LogP contribution in [-0.2, 0) is 28.3 Å². The first-order chi connectivity index (χ1) is 21.7.